The van der Waals surface area contributed by atoms with E-state index < -0.39 is 0 Å². The van der Waals surface area contributed by atoms with E-state index in [9.17, 15) is 0 Å². The molecule has 1 atom stereocenters. The number of aliphatic hydroxyl groups excluding tert-OH is 1. The van der Waals surface area contributed by atoms with Crippen molar-refractivity contribution in [3.05, 3.63) is 0 Å². The third-order valence-corrected chi connectivity index (χ3v) is 0.622. The Morgan fingerprint density at radius 1 is 1.71 bits per heavy atom. The lowest BCUT2D eigenvalue weighted by molar-refractivity contribution is -0.483. The minimum atomic E-state index is -0.352. The van der Waals surface area contributed by atoms with Crippen LogP contribution < -0.4 is 18.1 Å². The predicted molar refractivity (Wildman–Crippen MR) is 23.8 cm³/mol. The molecular formula is C4H12ClNO. The maximum absolute atomic E-state index is 8.44. The van der Waals surface area contributed by atoms with Crippen LogP contribution in [0.3, 0.4) is 0 Å². The highest BCUT2D eigenvalue weighted by molar-refractivity contribution is 4.29. The highest BCUT2D eigenvalue weighted by Crippen LogP contribution is 1.83. The van der Waals surface area contributed by atoms with Crippen molar-refractivity contribution in [1.82, 2.24) is 0 Å². The second kappa shape index (κ2) is 6.21. The average molecular weight is 126 g/mol. The molecule has 0 radical (unpaired) electrons. The molecule has 0 bridgehead atoms. The highest BCUT2D eigenvalue weighted by Gasteiger charge is 1.91. The van der Waals surface area contributed by atoms with E-state index in [0.29, 0.717) is 0 Å². The van der Waals surface area contributed by atoms with Crippen LogP contribution in [0, 0.1) is 0 Å². The molecule has 0 saturated heterocycles. The first-order valence-electron chi connectivity index (χ1n) is 2.28. The van der Waals surface area contributed by atoms with Crippen molar-refractivity contribution in [2.75, 3.05) is 0 Å². The summed E-state index contributed by atoms with van der Waals surface area (Å²) in [5.74, 6) is 0. The lowest BCUT2D eigenvalue weighted by Crippen LogP contribution is -3.00. The SMILES string of the molecule is CCCC([NH3+])O.[Cl-]. The molecule has 3 heteroatoms. The van der Waals surface area contributed by atoms with Crippen molar-refractivity contribution >= 4 is 0 Å². The number of hydrogen-bond donors (Lipinski definition) is 2. The maximum atomic E-state index is 8.44. The Kier molecular flexibility index (Phi) is 9.09. The zero-order chi connectivity index (χ0) is 4.99. The van der Waals surface area contributed by atoms with Gasteiger partial charge in [0.15, 0.2) is 6.23 Å². The molecule has 0 amide bonds. The van der Waals surface area contributed by atoms with Gasteiger partial charge in [-0.2, -0.15) is 0 Å². The van der Waals surface area contributed by atoms with Crippen molar-refractivity contribution < 1.29 is 23.2 Å². The van der Waals surface area contributed by atoms with E-state index in [2.05, 4.69) is 5.73 Å². The van der Waals surface area contributed by atoms with Gasteiger partial charge < -0.3 is 23.2 Å². The van der Waals surface area contributed by atoms with Crippen LogP contribution in [-0.2, 0) is 0 Å². The number of quaternary nitrogens is 1. The first kappa shape index (κ1) is 10.2. The molecule has 0 aliphatic rings. The smallest absolute Gasteiger partial charge is 0.185 e. The second-order valence-electron chi connectivity index (χ2n) is 1.44. The van der Waals surface area contributed by atoms with Gasteiger partial charge in [-0.15, -0.1) is 0 Å². The highest BCUT2D eigenvalue weighted by atomic mass is 35.5. The molecule has 0 spiro atoms. The predicted octanol–water partition coefficient (Wildman–Crippen LogP) is -3.65. The summed E-state index contributed by atoms with van der Waals surface area (Å²) in [5.41, 5.74) is 3.38. The van der Waals surface area contributed by atoms with Gasteiger partial charge >= 0.3 is 0 Å². The topological polar surface area (TPSA) is 47.9 Å². The van der Waals surface area contributed by atoms with E-state index in [0.717, 1.165) is 12.8 Å². The summed E-state index contributed by atoms with van der Waals surface area (Å²) in [5, 5.41) is 8.44. The fourth-order valence-corrected chi connectivity index (χ4v) is 0.333. The van der Waals surface area contributed by atoms with Gasteiger partial charge in [-0.05, 0) is 6.42 Å². The zero-order valence-corrected chi connectivity index (χ0v) is 5.28. The fraction of sp³-hybridized carbons (Fsp3) is 1.00. The first-order valence-corrected chi connectivity index (χ1v) is 2.28. The van der Waals surface area contributed by atoms with Gasteiger partial charge in [0.25, 0.3) is 0 Å². The number of aliphatic hydroxyl groups is 1. The van der Waals surface area contributed by atoms with Crippen LogP contribution in [-0.4, -0.2) is 11.3 Å². The van der Waals surface area contributed by atoms with Crippen LogP contribution in [0.15, 0.2) is 0 Å². The van der Waals surface area contributed by atoms with Crippen LogP contribution >= 0.6 is 0 Å². The van der Waals surface area contributed by atoms with Crippen LogP contribution in [0.5, 0.6) is 0 Å². The molecule has 0 rings (SSSR count). The molecule has 0 aromatic rings. The Morgan fingerprint density at radius 2 is 2.14 bits per heavy atom. The number of halogens is 1. The molecule has 46 valence electrons. The molecule has 7 heavy (non-hydrogen) atoms. The molecule has 0 aliphatic heterocycles. The van der Waals surface area contributed by atoms with Crippen LogP contribution in [0.25, 0.3) is 0 Å². The maximum Gasteiger partial charge on any atom is 0.185 e. The van der Waals surface area contributed by atoms with Gasteiger partial charge in [0, 0.05) is 6.42 Å². The molecule has 0 fully saturated rings. The van der Waals surface area contributed by atoms with E-state index in [1.165, 1.54) is 0 Å². The van der Waals surface area contributed by atoms with Crippen molar-refractivity contribution in [1.29, 1.82) is 0 Å². The van der Waals surface area contributed by atoms with Crippen LogP contribution in [0.2, 0.25) is 0 Å². The van der Waals surface area contributed by atoms with Crippen molar-refractivity contribution in [2.45, 2.75) is 26.0 Å². The Labute approximate surface area is 50.1 Å². The number of rotatable bonds is 2. The molecule has 2 nitrogen and oxygen atoms in total. The summed E-state index contributed by atoms with van der Waals surface area (Å²) >= 11 is 0. The van der Waals surface area contributed by atoms with Gasteiger partial charge in [0.2, 0.25) is 0 Å². The van der Waals surface area contributed by atoms with E-state index in [4.69, 9.17) is 5.11 Å². The molecule has 0 saturated carbocycles. The van der Waals surface area contributed by atoms with Gasteiger partial charge in [-0.1, -0.05) is 6.92 Å². The second-order valence-corrected chi connectivity index (χ2v) is 1.44. The minimum absolute atomic E-state index is 0. The normalized spacial score (nSPS) is 12.4. The third-order valence-electron chi connectivity index (χ3n) is 0.622. The van der Waals surface area contributed by atoms with Crippen molar-refractivity contribution in [3.8, 4) is 0 Å². The van der Waals surface area contributed by atoms with Crippen LogP contribution in [0.4, 0.5) is 0 Å². The quantitative estimate of drug-likeness (QED) is 0.368. The van der Waals surface area contributed by atoms with Gasteiger partial charge in [0.05, 0.1) is 0 Å². The fourth-order valence-electron chi connectivity index (χ4n) is 0.333. The zero-order valence-electron chi connectivity index (χ0n) is 4.52. The van der Waals surface area contributed by atoms with E-state index in [1.807, 2.05) is 6.92 Å². The molecule has 1 unspecified atom stereocenters. The van der Waals surface area contributed by atoms with Gasteiger partial charge in [-0.25, -0.2) is 0 Å². The molecule has 0 aromatic carbocycles. The summed E-state index contributed by atoms with van der Waals surface area (Å²) < 4.78 is 0. The summed E-state index contributed by atoms with van der Waals surface area (Å²) in [6, 6.07) is 0. The molecular weight excluding hydrogens is 114 g/mol. The van der Waals surface area contributed by atoms with Gasteiger partial charge in [-0.3, -0.25) is 0 Å². The molecule has 0 heterocycles. The largest absolute Gasteiger partial charge is 1.00 e. The summed E-state index contributed by atoms with van der Waals surface area (Å²) in [6.45, 7) is 2.02. The van der Waals surface area contributed by atoms with Crippen molar-refractivity contribution in [2.24, 2.45) is 0 Å². The van der Waals surface area contributed by atoms with E-state index >= 15 is 0 Å². The monoisotopic (exact) mass is 125 g/mol. The Bertz CT molecular complexity index is 32.9. The Balaban J connectivity index is 0. The van der Waals surface area contributed by atoms with E-state index in [-0.39, 0.29) is 18.6 Å². The average Bonchev–Trinajstić information content (AvgIpc) is 1.35. The lowest BCUT2D eigenvalue weighted by atomic mass is 10.3. The minimum Gasteiger partial charge on any atom is -1.00 e. The Hall–Kier alpha value is 0.210. The Morgan fingerprint density at radius 3 is 2.14 bits per heavy atom. The lowest BCUT2D eigenvalue weighted by Gasteiger charge is -1.92. The summed E-state index contributed by atoms with van der Waals surface area (Å²) in [4.78, 5) is 0. The third kappa shape index (κ3) is 10.7. The first-order chi connectivity index (χ1) is 2.77. The van der Waals surface area contributed by atoms with Crippen molar-refractivity contribution in [3.63, 3.8) is 0 Å². The summed E-state index contributed by atoms with van der Waals surface area (Å²) in [7, 11) is 0. The van der Waals surface area contributed by atoms with Gasteiger partial charge in [0.1, 0.15) is 0 Å². The standard InChI is InChI=1S/C4H11NO.ClH/c1-2-3-4(5)6;/h4,6H,2-3,5H2,1H3;1H. The number of hydrogen-bond acceptors (Lipinski definition) is 1. The van der Waals surface area contributed by atoms with E-state index in [1.54, 1.807) is 0 Å². The summed E-state index contributed by atoms with van der Waals surface area (Å²) in [6.07, 6.45) is 1.49. The molecule has 4 N–H and O–H groups in total. The molecule has 0 aromatic heterocycles. The molecule has 0 aliphatic carbocycles. The van der Waals surface area contributed by atoms with Crippen LogP contribution in [0.1, 0.15) is 19.8 Å².